The van der Waals surface area contributed by atoms with Gasteiger partial charge in [-0.15, -0.1) is 0 Å². The maximum atomic E-state index is 15.1. The molecule has 10 amide bonds. The van der Waals surface area contributed by atoms with E-state index in [2.05, 4.69) is 31.9 Å². The van der Waals surface area contributed by atoms with E-state index in [1.54, 1.807) is 62.4 Å². The van der Waals surface area contributed by atoms with E-state index in [4.69, 9.17) is 0 Å². The first kappa shape index (κ1) is 60.2. The average molecular weight is 1150 g/mol. The highest BCUT2D eigenvalue weighted by Crippen LogP contribution is 2.29. The van der Waals surface area contributed by atoms with Crippen molar-refractivity contribution in [3.8, 4) is 0 Å². The number of carbonyl (C=O) groups is 10. The molecule has 4 aromatic carbocycles. The molecule has 0 aromatic heterocycles. The van der Waals surface area contributed by atoms with Crippen LogP contribution in [0.15, 0.2) is 121 Å². The molecule has 0 bridgehead atoms. The van der Waals surface area contributed by atoms with Crippen molar-refractivity contribution in [2.24, 2.45) is 5.92 Å². The van der Waals surface area contributed by atoms with E-state index in [0.717, 1.165) is 5.56 Å². The van der Waals surface area contributed by atoms with Crippen molar-refractivity contribution in [2.45, 2.75) is 158 Å². The van der Waals surface area contributed by atoms with Crippen LogP contribution < -0.4 is 31.9 Å². The van der Waals surface area contributed by atoms with E-state index in [9.17, 15) is 43.2 Å². The van der Waals surface area contributed by atoms with Gasteiger partial charge in [-0.1, -0.05) is 135 Å². The molecule has 0 saturated carbocycles. The molecular weight excluding hydrogens is 1070 g/mol. The molecule has 20 heteroatoms. The Balaban J connectivity index is 1.06. The molecule has 20 nitrogen and oxygen atoms in total. The summed E-state index contributed by atoms with van der Waals surface area (Å²) in [4.78, 5) is 153. The molecule has 5 heterocycles. The molecule has 5 fully saturated rings. The molecule has 5 saturated heterocycles. The first-order valence-corrected chi connectivity index (χ1v) is 29.7. The zero-order valence-corrected chi connectivity index (χ0v) is 48.1. The minimum Gasteiger partial charge on any atom is -0.343 e. The van der Waals surface area contributed by atoms with Crippen LogP contribution >= 0.6 is 0 Å². The lowest BCUT2D eigenvalue weighted by Crippen LogP contribution is -2.61. The highest BCUT2D eigenvalue weighted by molar-refractivity contribution is 6.00. The van der Waals surface area contributed by atoms with E-state index in [1.807, 2.05) is 72.8 Å². The zero-order valence-electron chi connectivity index (χ0n) is 48.1. The molecule has 2 unspecified atom stereocenters. The molecule has 0 aliphatic carbocycles. The number of benzene rings is 4. The van der Waals surface area contributed by atoms with Crippen LogP contribution in [0.1, 0.15) is 94.4 Å². The fourth-order valence-electron chi connectivity index (χ4n) is 12.4. The normalized spacial score (nSPS) is 27.4. The third-order valence-corrected chi connectivity index (χ3v) is 16.9. The van der Waals surface area contributed by atoms with E-state index >= 15 is 4.79 Å². The average Bonchev–Trinajstić information content (AvgIpc) is 4.21. The van der Waals surface area contributed by atoms with Crippen molar-refractivity contribution < 1.29 is 47.9 Å². The van der Waals surface area contributed by atoms with Gasteiger partial charge in [0.1, 0.15) is 60.4 Å². The first-order chi connectivity index (χ1) is 40.5. The second-order valence-electron chi connectivity index (χ2n) is 23.2. The van der Waals surface area contributed by atoms with Gasteiger partial charge in [0, 0.05) is 51.9 Å². The third-order valence-electron chi connectivity index (χ3n) is 16.9. The van der Waals surface area contributed by atoms with Gasteiger partial charge in [0.05, 0.1) is 0 Å². The molecule has 444 valence electrons. The van der Waals surface area contributed by atoms with E-state index in [1.165, 1.54) is 26.5 Å². The van der Waals surface area contributed by atoms with Gasteiger partial charge < -0.3 is 51.5 Å². The Labute approximate surface area is 490 Å². The Kier molecular flexibility index (Phi) is 19.9. The molecule has 0 radical (unpaired) electrons. The summed E-state index contributed by atoms with van der Waals surface area (Å²) < 4.78 is 0. The standard InChI is InChI=1S/C64H78N10O10/c1-40(2)54-64(84)74-35-19-31-53(74)63(83)71-32-16-28-50(71)59(79)65-41(3)55(75)66-46(36-42-20-8-4-9-21-42)57(77)69-49(39-45-26-14-7-15-27-45)61(81)73-34-18-30-52(73)62(82)72-33-17-29-51(72)60(80)68-47(37-43-22-10-5-11-23-43)56(76)67-48(58(78)70-54)38-44-24-12-6-13-25-44/h4-15,20-27,40-41,46-54H,16-19,28-39H2,1-3H3,(H,65,79)(H,66,75)(H,67,76)(H,68,80)(H,69,77)(H,70,78)/t41-,46+,47-,48+,49-,50-,51-,52?,53?,54-/m0/s1. The second-order valence-corrected chi connectivity index (χ2v) is 23.2. The van der Waals surface area contributed by atoms with Gasteiger partial charge in [0.2, 0.25) is 59.1 Å². The summed E-state index contributed by atoms with van der Waals surface area (Å²) >= 11 is 0. The van der Waals surface area contributed by atoms with E-state index in [-0.39, 0.29) is 64.7 Å². The summed E-state index contributed by atoms with van der Waals surface area (Å²) in [7, 11) is 0. The predicted molar refractivity (Wildman–Crippen MR) is 312 cm³/mol. The summed E-state index contributed by atoms with van der Waals surface area (Å²) in [6, 6.07) is 25.0. The van der Waals surface area contributed by atoms with Gasteiger partial charge in [-0.25, -0.2) is 0 Å². The van der Waals surface area contributed by atoms with Crippen molar-refractivity contribution in [1.29, 1.82) is 0 Å². The quantitative estimate of drug-likeness (QED) is 0.143. The van der Waals surface area contributed by atoms with E-state index in [0.29, 0.717) is 55.2 Å². The number of rotatable bonds is 9. The van der Waals surface area contributed by atoms with Crippen molar-refractivity contribution in [3.05, 3.63) is 144 Å². The van der Waals surface area contributed by atoms with Crippen molar-refractivity contribution in [3.63, 3.8) is 0 Å². The summed E-state index contributed by atoms with van der Waals surface area (Å²) in [5.74, 6) is -6.29. The van der Waals surface area contributed by atoms with Crippen molar-refractivity contribution in [1.82, 2.24) is 51.5 Å². The van der Waals surface area contributed by atoms with Crippen LogP contribution in [0.2, 0.25) is 0 Å². The first-order valence-electron chi connectivity index (χ1n) is 29.7. The van der Waals surface area contributed by atoms with Gasteiger partial charge in [0.25, 0.3) is 0 Å². The topological polar surface area (TPSA) is 256 Å². The number of amides is 10. The number of nitrogens with zero attached hydrogens (tertiary/aromatic N) is 4. The maximum Gasteiger partial charge on any atom is 0.246 e. The molecule has 0 spiro atoms. The Hall–Kier alpha value is -8.42. The summed E-state index contributed by atoms with van der Waals surface area (Å²) in [5.41, 5.74) is 2.84. The van der Waals surface area contributed by atoms with Crippen LogP contribution in [0.3, 0.4) is 0 Å². The van der Waals surface area contributed by atoms with Gasteiger partial charge in [-0.2, -0.15) is 0 Å². The molecule has 4 aromatic rings. The number of carbonyl (C=O) groups excluding carboxylic acids is 10. The fraction of sp³-hybridized carbons (Fsp3) is 0.469. The lowest BCUT2D eigenvalue weighted by atomic mass is 9.99. The summed E-state index contributed by atoms with van der Waals surface area (Å²) in [5, 5.41) is 17.4. The lowest BCUT2D eigenvalue weighted by molar-refractivity contribution is -0.148. The highest BCUT2D eigenvalue weighted by Gasteiger charge is 2.47. The molecular formula is C64H78N10O10. The largest absolute Gasteiger partial charge is 0.343 e. The maximum absolute atomic E-state index is 15.1. The van der Waals surface area contributed by atoms with Crippen LogP contribution in [0.25, 0.3) is 0 Å². The Morgan fingerprint density at radius 3 is 1.04 bits per heavy atom. The second kappa shape index (κ2) is 27.8. The van der Waals surface area contributed by atoms with Crippen LogP contribution in [0, 0.1) is 5.92 Å². The van der Waals surface area contributed by atoms with Crippen molar-refractivity contribution >= 4 is 59.1 Å². The molecule has 84 heavy (non-hydrogen) atoms. The Bertz CT molecular complexity index is 3020. The third kappa shape index (κ3) is 14.5. The van der Waals surface area contributed by atoms with Crippen LogP contribution in [0.5, 0.6) is 0 Å². The van der Waals surface area contributed by atoms with Gasteiger partial charge >= 0.3 is 0 Å². The fourth-order valence-corrected chi connectivity index (χ4v) is 12.4. The van der Waals surface area contributed by atoms with Crippen LogP contribution in [0.4, 0.5) is 0 Å². The SMILES string of the molecule is CC(C)[C@@H]1NC(=O)[C@@H](Cc2ccccc2)NC(=O)[C@H](Cc2ccccc2)NC(=O)[C@@H]2CCCN2C(=O)C2CCCN2C(=O)[C@H](Cc2ccccc2)NC(=O)[C@@H](Cc2ccccc2)NC(=O)[C@H](C)NC(=O)[C@@H]2CCCN2C(=O)C2CCCN2C1=O. The van der Waals surface area contributed by atoms with E-state index < -0.39 is 125 Å². The summed E-state index contributed by atoms with van der Waals surface area (Å²) in [6.07, 6.45) is 3.12. The predicted octanol–water partition coefficient (Wildman–Crippen LogP) is 2.52. The Morgan fingerprint density at radius 1 is 0.345 bits per heavy atom. The minimum atomic E-state index is -1.26. The number of fused-ring (bicyclic) bond motifs is 4. The zero-order chi connectivity index (χ0) is 59.4. The van der Waals surface area contributed by atoms with Crippen LogP contribution in [-0.4, -0.2) is 165 Å². The molecule has 6 N–H and O–H groups in total. The monoisotopic (exact) mass is 1150 g/mol. The van der Waals surface area contributed by atoms with Gasteiger partial charge in [0.15, 0.2) is 0 Å². The van der Waals surface area contributed by atoms with Gasteiger partial charge in [-0.3, -0.25) is 47.9 Å². The molecule has 5 aliphatic rings. The Morgan fingerprint density at radius 2 is 0.643 bits per heavy atom. The van der Waals surface area contributed by atoms with Crippen LogP contribution in [-0.2, 0) is 73.6 Å². The number of nitrogens with one attached hydrogen (secondary N) is 6. The molecule has 5 aliphatic heterocycles. The smallest absolute Gasteiger partial charge is 0.246 e. The minimum absolute atomic E-state index is 0.0125. The summed E-state index contributed by atoms with van der Waals surface area (Å²) in [6.45, 7) is 5.85. The molecule has 10 atom stereocenters. The number of hydrogen-bond acceptors (Lipinski definition) is 10. The van der Waals surface area contributed by atoms with Gasteiger partial charge in [-0.05, 0) is 86.5 Å². The highest BCUT2D eigenvalue weighted by atomic mass is 16.2. The molecule has 9 rings (SSSR count). The number of hydrogen-bond donors (Lipinski definition) is 6. The van der Waals surface area contributed by atoms with Crippen molar-refractivity contribution in [2.75, 3.05) is 26.2 Å². The lowest BCUT2D eigenvalue weighted by Gasteiger charge is -2.35.